The summed E-state index contributed by atoms with van der Waals surface area (Å²) in [6, 6.07) is 0. The zero-order valence-corrected chi connectivity index (χ0v) is 5.53. The second-order valence-electron chi connectivity index (χ2n) is 1.27. The first-order valence-electron chi connectivity index (χ1n) is 1.59. The lowest BCUT2D eigenvalue weighted by molar-refractivity contribution is 1.50. The van der Waals surface area contributed by atoms with E-state index in [2.05, 4.69) is 22.6 Å². The molecule has 2 atom stereocenters. The second kappa shape index (κ2) is 1.26. The molecule has 1 fully saturated rings. The Morgan fingerprint density at radius 2 is 2.00 bits per heavy atom. The van der Waals surface area contributed by atoms with Crippen LogP contribution in [0.25, 0.3) is 0 Å². The summed E-state index contributed by atoms with van der Waals surface area (Å²) in [6.45, 7) is 0. The molecule has 0 radical (unpaired) electrons. The van der Waals surface area contributed by atoms with Gasteiger partial charge < -0.3 is 0 Å². The quantitative estimate of drug-likeness (QED) is 0.415. The first-order chi connectivity index (χ1) is 2.30. The number of hydrogen-bond donors (Lipinski definition) is 0. The molecule has 0 saturated heterocycles. The van der Waals surface area contributed by atoms with Crippen molar-refractivity contribution in [3.8, 4) is 0 Å². The third-order valence-electron chi connectivity index (χ3n) is 0.640. The van der Waals surface area contributed by atoms with Crippen molar-refractivity contribution in [2.75, 3.05) is 0 Å². The highest BCUT2D eigenvalue weighted by Crippen LogP contribution is 2.35. The van der Waals surface area contributed by atoms with Crippen LogP contribution < -0.4 is 0 Å². The second-order valence-corrected chi connectivity index (χ2v) is 3.43. The molecule has 0 aromatic heterocycles. The zero-order valence-electron chi connectivity index (χ0n) is 2.62. The molecule has 0 bridgehead atoms. The topological polar surface area (TPSA) is 0 Å². The smallest absolute Gasteiger partial charge is 0.0464 e. The van der Waals surface area contributed by atoms with Crippen LogP contribution in [-0.2, 0) is 0 Å². The lowest BCUT2D eigenvalue weighted by Gasteiger charge is -1.62. The molecule has 30 valence electrons. The van der Waals surface area contributed by atoms with Crippen LogP contribution in [0.4, 0.5) is 0 Å². The van der Waals surface area contributed by atoms with Crippen molar-refractivity contribution in [3.63, 3.8) is 0 Å². The van der Waals surface area contributed by atoms with E-state index in [1.165, 1.54) is 6.42 Å². The van der Waals surface area contributed by atoms with E-state index >= 15 is 0 Å². The summed E-state index contributed by atoms with van der Waals surface area (Å²) in [6.07, 6.45) is 1.22. The van der Waals surface area contributed by atoms with Gasteiger partial charge in [-0.2, -0.15) is 0 Å². The van der Waals surface area contributed by atoms with Gasteiger partial charge in [0.2, 0.25) is 0 Å². The molecule has 0 aromatic rings. The Bertz CT molecular complexity index is 40.2. The van der Waals surface area contributed by atoms with Crippen LogP contribution >= 0.6 is 34.2 Å². The highest BCUT2D eigenvalue weighted by Gasteiger charge is 2.31. The summed E-state index contributed by atoms with van der Waals surface area (Å²) in [5.41, 5.74) is 0. The van der Waals surface area contributed by atoms with E-state index in [-0.39, 0.29) is 0 Å². The van der Waals surface area contributed by atoms with Gasteiger partial charge >= 0.3 is 0 Å². The SMILES string of the molecule is Cl[C@@H]1CC1I. The van der Waals surface area contributed by atoms with Gasteiger partial charge in [-0.3, -0.25) is 0 Å². The normalized spacial score (nSPS) is 49.2. The highest BCUT2D eigenvalue weighted by molar-refractivity contribution is 14.1. The lowest BCUT2D eigenvalue weighted by atomic mass is 11.0. The van der Waals surface area contributed by atoms with E-state index in [9.17, 15) is 0 Å². The average molecular weight is 202 g/mol. The van der Waals surface area contributed by atoms with Gasteiger partial charge in [0.25, 0.3) is 0 Å². The third kappa shape index (κ3) is 0.929. The molecule has 1 saturated carbocycles. The maximum atomic E-state index is 5.53. The van der Waals surface area contributed by atoms with E-state index in [1.54, 1.807) is 0 Å². The third-order valence-corrected chi connectivity index (χ3v) is 2.92. The Morgan fingerprint density at radius 1 is 1.80 bits per heavy atom. The molecule has 1 unspecified atom stereocenters. The molecule has 0 amide bonds. The fraction of sp³-hybridized carbons (Fsp3) is 1.00. The number of hydrogen-bond acceptors (Lipinski definition) is 0. The molecule has 0 spiro atoms. The van der Waals surface area contributed by atoms with Gasteiger partial charge in [0.05, 0.1) is 0 Å². The summed E-state index contributed by atoms with van der Waals surface area (Å²) >= 11 is 7.88. The molecule has 2 heteroatoms. The van der Waals surface area contributed by atoms with Crippen LogP contribution in [0.5, 0.6) is 0 Å². The van der Waals surface area contributed by atoms with Crippen LogP contribution in [0, 0.1) is 0 Å². The van der Waals surface area contributed by atoms with E-state index in [0.29, 0.717) is 5.38 Å². The Hall–Kier alpha value is 1.02. The Balaban J connectivity index is 2.20. The van der Waals surface area contributed by atoms with Gasteiger partial charge in [0.15, 0.2) is 0 Å². The first kappa shape index (κ1) is 4.19. The highest BCUT2D eigenvalue weighted by atomic mass is 127. The van der Waals surface area contributed by atoms with Crippen LogP contribution in [0.3, 0.4) is 0 Å². The maximum absolute atomic E-state index is 5.53. The van der Waals surface area contributed by atoms with E-state index < -0.39 is 0 Å². The van der Waals surface area contributed by atoms with Gasteiger partial charge in [-0.1, -0.05) is 22.6 Å². The number of alkyl halides is 2. The van der Waals surface area contributed by atoms with Crippen molar-refractivity contribution in [3.05, 3.63) is 0 Å². The summed E-state index contributed by atoms with van der Waals surface area (Å²) < 4.78 is 0.786. The molecule has 0 N–H and O–H groups in total. The van der Waals surface area contributed by atoms with Crippen molar-refractivity contribution in [2.24, 2.45) is 0 Å². The zero-order chi connectivity index (χ0) is 3.86. The molecular formula is C3H4ClI. The summed E-state index contributed by atoms with van der Waals surface area (Å²) in [5, 5.41) is 0.510. The molecule has 0 nitrogen and oxygen atoms in total. The molecule has 0 heterocycles. The van der Waals surface area contributed by atoms with E-state index in [0.717, 1.165) is 3.92 Å². The van der Waals surface area contributed by atoms with Crippen molar-refractivity contribution >= 4 is 34.2 Å². The van der Waals surface area contributed by atoms with E-state index in [4.69, 9.17) is 11.6 Å². The molecule has 1 aliphatic carbocycles. The molecular weight excluding hydrogens is 198 g/mol. The average Bonchev–Trinajstić information content (AvgIpc) is 1.79. The Morgan fingerprint density at radius 3 is 2.00 bits per heavy atom. The van der Waals surface area contributed by atoms with Crippen LogP contribution in [0.2, 0.25) is 0 Å². The summed E-state index contributed by atoms with van der Waals surface area (Å²) in [7, 11) is 0. The van der Waals surface area contributed by atoms with Crippen LogP contribution in [0.15, 0.2) is 0 Å². The molecule has 0 aromatic carbocycles. The number of rotatable bonds is 0. The van der Waals surface area contributed by atoms with Crippen LogP contribution in [-0.4, -0.2) is 9.30 Å². The van der Waals surface area contributed by atoms with Crippen molar-refractivity contribution in [2.45, 2.75) is 15.7 Å². The fourth-order valence-corrected chi connectivity index (χ4v) is 1.18. The Kier molecular flexibility index (Phi) is 1.06. The van der Waals surface area contributed by atoms with Gasteiger partial charge in [0.1, 0.15) is 0 Å². The predicted octanol–water partition coefficient (Wildman–Crippen LogP) is 1.80. The lowest BCUT2D eigenvalue weighted by Crippen LogP contribution is -1.62. The van der Waals surface area contributed by atoms with Crippen LogP contribution in [0.1, 0.15) is 6.42 Å². The Labute approximate surface area is 50.0 Å². The van der Waals surface area contributed by atoms with E-state index in [1.807, 2.05) is 0 Å². The first-order valence-corrected chi connectivity index (χ1v) is 3.27. The molecule has 1 aliphatic rings. The van der Waals surface area contributed by atoms with Gasteiger partial charge in [0, 0.05) is 9.30 Å². The molecule has 1 rings (SSSR count). The largest absolute Gasteiger partial charge is 0.122 e. The van der Waals surface area contributed by atoms with Gasteiger partial charge in [-0.05, 0) is 6.42 Å². The fourth-order valence-electron chi connectivity index (χ4n) is 0.137. The molecule has 0 aliphatic heterocycles. The maximum Gasteiger partial charge on any atom is 0.0464 e. The monoisotopic (exact) mass is 202 g/mol. The minimum Gasteiger partial charge on any atom is -0.122 e. The predicted molar refractivity (Wildman–Crippen MR) is 32.1 cm³/mol. The van der Waals surface area contributed by atoms with Gasteiger partial charge in [-0.25, -0.2) is 0 Å². The minimum atomic E-state index is 0.510. The summed E-state index contributed by atoms with van der Waals surface area (Å²) in [5.74, 6) is 0. The van der Waals surface area contributed by atoms with Crippen molar-refractivity contribution in [1.29, 1.82) is 0 Å². The minimum absolute atomic E-state index is 0.510. The molecule has 5 heavy (non-hydrogen) atoms. The number of halogens is 2. The van der Waals surface area contributed by atoms with Gasteiger partial charge in [-0.15, -0.1) is 11.6 Å². The standard InChI is InChI=1S/C3H4ClI/c4-2-1-3(2)5/h2-3H,1H2/t2-,3?/m1/s1. The van der Waals surface area contributed by atoms with Crippen molar-refractivity contribution < 1.29 is 0 Å². The van der Waals surface area contributed by atoms with Crippen molar-refractivity contribution in [1.82, 2.24) is 0 Å². The summed E-state index contributed by atoms with van der Waals surface area (Å²) in [4.78, 5) is 0.